The van der Waals surface area contributed by atoms with Gasteiger partial charge in [0.25, 0.3) is 0 Å². The van der Waals surface area contributed by atoms with E-state index in [4.69, 9.17) is 4.74 Å². The van der Waals surface area contributed by atoms with E-state index in [1.54, 1.807) is 0 Å². The Bertz CT molecular complexity index is 947. The zero-order valence-electron chi connectivity index (χ0n) is 15.4. The molecule has 0 saturated carbocycles. The molecule has 0 bridgehead atoms. The molecule has 1 heterocycles. The first-order chi connectivity index (χ1) is 12.9. The van der Waals surface area contributed by atoms with Crippen molar-refractivity contribution in [3.63, 3.8) is 0 Å². The molecule has 0 aliphatic carbocycles. The zero-order chi connectivity index (χ0) is 19.4. The van der Waals surface area contributed by atoms with Crippen molar-refractivity contribution in [2.75, 3.05) is 0 Å². The maximum Gasteiger partial charge on any atom is 0.223 e. The smallest absolute Gasteiger partial charge is 0.223 e. The van der Waals surface area contributed by atoms with Gasteiger partial charge in [0.1, 0.15) is 17.4 Å². The molecule has 3 rings (SSSR count). The van der Waals surface area contributed by atoms with Gasteiger partial charge < -0.3 is 4.74 Å². The molecule has 3 nitrogen and oxygen atoms in total. The fourth-order valence-electron chi connectivity index (χ4n) is 2.41. The fraction of sp³-hybridized carbons (Fsp3) is 0.238. The van der Waals surface area contributed by atoms with Crippen LogP contribution in [0.25, 0.3) is 0 Å². The quantitative estimate of drug-likeness (QED) is 0.369. The van der Waals surface area contributed by atoms with Crippen molar-refractivity contribution in [2.24, 2.45) is 0 Å². The lowest BCUT2D eigenvalue weighted by molar-refractivity contribution is 0.452. The van der Waals surface area contributed by atoms with Gasteiger partial charge in [0.15, 0.2) is 5.16 Å². The van der Waals surface area contributed by atoms with Crippen molar-refractivity contribution in [3.05, 3.63) is 77.0 Å². The number of aryl methyl sites for hydroxylation is 1. The minimum Gasteiger partial charge on any atom is -0.439 e. The molecule has 0 aliphatic rings. The van der Waals surface area contributed by atoms with Gasteiger partial charge in [0.05, 0.1) is 5.69 Å². The second-order valence-electron chi connectivity index (χ2n) is 6.51. The highest BCUT2D eigenvalue weighted by molar-refractivity contribution is 7.98. The highest BCUT2D eigenvalue weighted by Gasteiger charge is 2.12. The normalized spacial score (nSPS) is 11.0. The summed E-state index contributed by atoms with van der Waals surface area (Å²) in [5, 5.41) is 0.493. The number of hydrogen-bond donors (Lipinski definition) is 0. The van der Waals surface area contributed by atoms with E-state index >= 15 is 0 Å². The van der Waals surface area contributed by atoms with Crippen molar-refractivity contribution in [1.29, 1.82) is 0 Å². The minimum absolute atomic E-state index is 0.190. The number of benzene rings is 2. The molecule has 6 heteroatoms. The largest absolute Gasteiger partial charge is 0.439 e. The van der Waals surface area contributed by atoms with Gasteiger partial charge in [0, 0.05) is 17.9 Å². The van der Waals surface area contributed by atoms with Gasteiger partial charge in [0.2, 0.25) is 5.88 Å². The van der Waals surface area contributed by atoms with E-state index in [-0.39, 0.29) is 5.92 Å². The van der Waals surface area contributed by atoms with Crippen molar-refractivity contribution < 1.29 is 13.5 Å². The maximum atomic E-state index is 13.8. The van der Waals surface area contributed by atoms with E-state index in [2.05, 4.69) is 9.97 Å². The third-order valence-electron chi connectivity index (χ3n) is 3.88. The average Bonchev–Trinajstić information content (AvgIpc) is 2.61. The number of rotatable bonds is 6. The summed E-state index contributed by atoms with van der Waals surface area (Å²) >= 11 is 1.29. The van der Waals surface area contributed by atoms with Crippen LogP contribution in [0.4, 0.5) is 8.78 Å². The summed E-state index contributed by atoms with van der Waals surface area (Å²) in [5.41, 5.74) is 2.34. The van der Waals surface area contributed by atoms with E-state index in [9.17, 15) is 8.78 Å². The molecule has 0 spiro atoms. The summed E-state index contributed by atoms with van der Waals surface area (Å²) in [6.07, 6.45) is 0. The van der Waals surface area contributed by atoms with Crippen LogP contribution in [0.5, 0.6) is 11.6 Å². The number of aromatic nitrogens is 2. The van der Waals surface area contributed by atoms with Crippen LogP contribution >= 0.6 is 11.8 Å². The lowest BCUT2D eigenvalue weighted by Crippen LogP contribution is -2.00. The summed E-state index contributed by atoms with van der Waals surface area (Å²) in [7, 11) is 0. The Kier molecular flexibility index (Phi) is 6.06. The Morgan fingerprint density at radius 1 is 1.04 bits per heavy atom. The first kappa shape index (κ1) is 19.3. The molecule has 0 saturated heterocycles. The van der Waals surface area contributed by atoms with E-state index in [0.717, 1.165) is 17.3 Å². The Morgan fingerprint density at radius 2 is 1.85 bits per heavy atom. The number of hydrogen-bond acceptors (Lipinski definition) is 4. The molecule has 0 aliphatic heterocycles. The second kappa shape index (κ2) is 8.48. The van der Waals surface area contributed by atoms with Crippen LogP contribution in [0.15, 0.2) is 53.7 Å². The first-order valence-corrected chi connectivity index (χ1v) is 9.59. The van der Waals surface area contributed by atoms with Crippen LogP contribution < -0.4 is 4.74 Å². The number of halogens is 2. The van der Waals surface area contributed by atoms with Crippen molar-refractivity contribution >= 4 is 11.8 Å². The summed E-state index contributed by atoms with van der Waals surface area (Å²) in [4.78, 5) is 8.97. The molecule has 0 fully saturated rings. The van der Waals surface area contributed by atoms with E-state index in [1.807, 2.05) is 51.1 Å². The van der Waals surface area contributed by atoms with Gasteiger partial charge in [-0.2, -0.15) is 4.98 Å². The highest BCUT2D eigenvalue weighted by atomic mass is 32.2. The molecular weight excluding hydrogens is 366 g/mol. The van der Waals surface area contributed by atoms with E-state index in [0.29, 0.717) is 28.1 Å². The molecule has 0 radical (unpaired) electrons. The second-order valence-corrected chi connectivity index (χ2v) is 7.45. The molecule has 0 unspecified atom stereocenters. The summed E-state index contributed by atoms with van der Waals surface area (Å²) < 4.78 is 32.8. The van der Waals surface area contributed by atoms with Gasteiger partial charge in [-0.05, 0) is 42.2 Å². The predicted molar refractivity (Wildman–Crippen MR) is 103 cm³/mol. The standard InChI is InChI=1S/C21H20F2N2OS/c1-13(2)19-11-20(26-17-6-4-5-14(3)9-17)25-21(24-19)27-12-15-7-8-16(22)10-18(15)23/h4-11,13H,12H2,1-3H3. The highest BCUT2D eigenvalue weighted by Crippen LogP contribution is 2.28. The third-order valence-corrected chi connectivity index (χ3v) is 4.77. The van der Waals surface area contributed by atoms with Gasteiger partial charge in [-0.1, -0.05) is 43.8 Å². The lowest BCUT2D eigenvalue weighted by Gasteiger charge is -2.11. The molecular formula is C21H20F2N2OS. The first-order valence-electron chi connectivity index (χ1n) is 8.61. The Balaban J connectivity index is 1.82. The van der Waals surface area contributed by atoms with Crippen molar-refractivity contribution in [2.45, 2.75) is 37.6 Å². The Morgan fingerprint density at radius 3 is 2.56 bits per heavy atom. The summed E-state index contributed by atoms with van der Waals surface area (Å²) in [6, 6.07) is 13.1. The molecule has 1 aromatic heterocycles. The van der Waals surface area contributed by atoms with Crippen LogP contribution in [0.2, 0.25) is 0 Å². The molecule has 2 aromatic carbocycles. The molecule has 140 valence electrons. The summed E-state index contributed by atoms with van der Waals surface area (Å²) in [5.74, 6) is 0.476. The molecule has 0 N–H and O–H groups in total. The number of thioether (sulfide) groups is 1. The molecule has 0 atom stereocenters. The molecule has 27 heavy (non-hydrogen) atoms. The predicted octanol–water partition coefficient (Wildman–Crippen LogP) is 6.27. The van der Waals surface area contributed by atoms with Crippen LogP contribution in [0.3, 0.4) is 0 Å². The van der Waals surface area contributed by atoms with Gasteiger partial charge in [-0.15, -0.1) is 0 Å². The van der Waals surface area contributed by atoms with Crippen molar-refractivity contribution in [1.82, 2.24) is 9.97 Å². The van der Waals surface area contributed by atoms with Gasteiger partial charge in [-0.3, -0.25) is 0 Å². The lowest BCUT2D eigenvalue weighted by atomic mass is 10.1. The molecule has 3 aromatic rings. The van der Waals surface area contributed by atoms with Gasteiger partial charge in [-0.25, -0.2) is 13.8 Å². The van der Waals surface area contributed by atoms with E-state index < -0.39 is 11.6 Å². The average molecular weight is 386 g/mol. The van der Waals surface area contributed by atoms with Gasteiger partial charge >= 0.3 is 0 Å². The van der Waals surface area contributed by atoms with Crippen LogP contribution in [0, 0.1) is 18.6 Å². The maximum absolute atomic E-state index is 13.8. The Hall–Kier alpha value is -2.47. The van der Waals surface area contributed by atoms with Crippen molar-refractivity contribution in [3.8, 4) is 11.6 Å². The fourth-order valence-corrected chi connectivity index (χ4v) is 3.26. The topological polar surface area (TPSA) is 35.0 Å². The minimum atomic E-state index is -0.590. The number of ether oxygens (including phenoxy) is 1. The van der Waals surface area contributed by atoms with Crippen LogP contribution in [-0.2, 0) is 5.75 Å². The molecule has 0 amide bonds. The zero-order valence-corrected chi connectivity index (χ0v) is 16.2. The SMILES string of the molecule is Cc1cccc(Oc2cc(C(C)C)nc(SCc3ccc(F)cc3F)n2)c1. The van der Waals surface area contributed by atoms with E-state index in [1.165, 1.54) is 23.9 Å². The number of nitrogens with zero attached hydrogens (tertiary/aromatic N) is 2. The van der Waals surface area contributed by atoms with Crippen LogP contribution in [-0.4, -0.2) is 9.97 Å². The monoisotopic (exact) mass is 386 g/mol. The Labute approximate surface area is 161 Å². The third kappa shape index (κ3) is 5.26. The van der Waals surface area contributed by atoms with Crippen LogP contribution in [0.1, 0.15) is 36.6 Å². The summed E-state index contributed by atoms with van der Waals surface area (Å²) in [6.45, 7) is 6.06.